The van der Waals surface area contributed by atoms with Gasteiger partial charge in [0.15, 0.2) is 17.5 Å². The molecule has 0 saturated heterocycles. The van der Waals surface area contributed by atoms with Gasteiger partial charge in [0.25, 0.3) is 0 Å². The van der Waals surface area contributed by atoms with E-state index in [0.29, 0.717) is 17.5 Å². The molecule has 0 fully saturated rings. The van der Waals surface area contributed by atoms with Gasteiger partial charge in [-0.2, -0.15) is 0 Å². The largest absolute Gasteiger partial charge is 0.455 e. The molecule has 0 radical (unpaired) electrons. The number of benzene rings is 9. The molecular weight excluding hydrogens is 721 g/mol. The van der Waals surface area contributed by atoms with Crippen molar-refractivity contribution < 1.29 is 4.42 Å². The summed E-state index contributed by atoms with van der Waals surface area (Å²) in [5, 5.41) is 9.91. The highest BCUT2D eigenvalue weighted by Gasteiger charge is 2.19. The van der Waals surface area contributed by atoms with E-state index < -0.39 is 0 Å². The van der Waals surface area contributed by atoms with E-state index in [-0.39, 0.29) is 0 Å². The number of fused-ring (bicyclic) bond motifs is 9. The molecule has 274 valence electrons. The standard InChI is InChI=1S/C54H32N4O/c1-3-18-39-34(12-1)14-10-22-43(39)53-56-52(57-54(58-53)44-23-11-15-35-13-2-4-19-40(35)44)36-28-26-33(27-29-36)37-16-9-17-38(32-37)50-46-31-30-42-41-20-6-8-25-48(41)59-51(42)49(46)45-21-5-7-24-47(45)55-50/h1-32H. The Labute approximate surface area is 338 Å². The van der Waals surface area contributed by atoms with Crippen LogP contribution < -0.4 is 0 Å². The van der Waals surface area contributed by atoms with Crippen molar-refractivity contribution in [2.75, 3.05) is 0 Å². The van der Waals surface area contributed by atoms with Crippen LogP contribution >= 0.6 is 0 Å². The number of nitrogens with zero attached hydrogens (tertiary/aromatic N) is 4. The molecule has 12 rings (SSSR count). The molecule has 0 aliphatic carbocycles. The summed E-state index contributed by atoms with van der Waals surface area (Å²) in [6, 6.07) is 67.4. The van der Waals surface area contributed by atoms with Crippen LogP contribution in [0.25, 0.3) is 122 Å². The zero-order valence-corrected chi connectivity index (χ0v) is 31.7. The van der Waals surface area contributed by atoms with Crippen LogP contribution in [0.3, 0.4) is 0 Å². The van der Waals surface area contributed by atoms with E-state index in [0.717, 1.165) is 104 Å². The zero-order chi connectivity index (χ0) is 38.9. The average Bonchev–Trinajstić information content (AvgIpc) is 3.70. The Kier molecular flexibility index (Phi) is 7.47. The molecule has 3 aromatic heterocycles. The minimum Gasteiger partial charge on any atom is -0.455 e. The predicted octanol–water partition coefficient (Wildman–Crippen LogP) is 14.1. The van der Waals surface area contributed by atoms with Crippen molar-refractivity contribution in [3.05, 3.63) is 194 Å². The van der Waals surface area contributed by atoms with Gasteiger partial charge in [0.1, 0.15) is 11.2 Å². The third-order valence-corrected chi connectivity index (χ3v) is 11.5. The van der Waals surface area contributed by atoms with Gasteiger partial charge in [-0.15, -0.1) is 0 Å². The summed E-state index contributed by atoms with van der Waals surface area (Å²) in [5.41, 5.74) is 9.68. The molecule has 12 aromatic rings. The minimum atomic E-state index is 0.620. The molecule has 0 spiro atoms. The fourth-order valence-electron chi connectivity index (χ4n) is 8.68. The summed E-state index contributed by atoms with van der Waals surface area (Å²) >= 11 is 0. The highest BCUT2D eigenvalue weighted by molar-refractivity contribution is 6.24. The number of rotatable bonds is 5. The highest BCUT2D eigenvalue weighted by atomic mass is 16.3. The molecule has 0 saturated carbocycles. The van der Waals surface area contributed by atoms with Crippen LogP contribution in [0.4, 0.5) is 0 Å². The fraction of sp³-hybridized carbons (Fsp3) is 0. The summed E-state index contributed by atoms with van der Waals surface area (Å²) < 4.78 is 6.57. The minimum absolute atomic E-state index is 0.620. The van der Waals surface area contributed by atoms with Crippen LogP contribution in [-0.4, -0.2) is 19.9 Å². The average molecular weight is 753 g/mol. The first-order valence-electron chi connectivity index (χ1n) is 19.8. The van der Waals surface area contributed by atoms with E-state index in [4.69, 9.17) is 24.4 Å². The number of hydrogen-bond acceptors (Lipinski definition) is 5. The van der Waals surface area contributed by atoms with Gasteiger partial charge in [-0.25, -0.2) is 19.9 Å². The van der Waals surface area contributed by atoms with Crippen molar-refractivity contribution in [2.24, 2.45) is 0 Å². The second kappa shape index (κ2) is 13.3. The maximum absolute atomic E-state index is 6.57. The summed E-state index contributed by atoms with van der Waals surface area (Å²) in [6.07, 6.45) is 0. The first-order chi connectivity index (χ1) is 29.2. The number of pyridine rings is 1. The molecule has 0 aliphatic rings. The maximum atomic E-state index is 6.57. The van der Waals surface area contributed by atoms with Crippen molar-refractivity contribution in [1.29, 1.82) is 0 Å². The van der Waals surface area contributed by atoms with E-state index in [1.165, 1.54) is 0 Å². The van der Waals surface area contributed by atoms with E-state index in [1.807, 2.05) is 18.2 Å². The predicted molar refractivity (Wildman–Crippen MR) is 242 cm³/mol. The van der Waals surface area contributed by atoms with Gasteiger partial charge in [0, 0.05) is 49.2 Å². The van der Waals surface area contributed by atoms with Crippen molar-refractivity contribution >= 4 is 65.2 Å². The molecule has 0 amide bonds. The van der Waals surface area contributed by atoms with Gasteiger partial charge in [0.2, 0.25) is 0 Å². The van der Waals surface area contributed by atoms with Gasteiger partial charge >= 0.3 is 0 Å². The molecule has 9 aromatic carbocycles. The lowest BCUT2D eigenvalue weighted by Gasteiger charge is -2.13. The first kappa shape index (κ1) is 33.2. The number of para-hydroxylation sites is 2. The fourth-order valence-corrected chi connectivity index (χ4v) is 8.68. The zero-order valence-electron chi connectivity index (χ0n) is 31.7. The Hall–Kier alpha value is -8.02. The molecule has 0 N–H and O–H groups in total. The van der Waals surface area contributed by atoms with Crippen LogP contribution in [0.15, 0.2) is 199 Å². The molecule has 5 nitrogen and oxygen atoms in total. The van der Waals surface area contributed by atoms with E-state index in [2.05, 4.69) is 176 Å². The smallest absolute Gasteiger partial charge is 0.164 e. The van der Waals surface area contributed by atoms with Gasteiger partial charge in [-0.1, -0.05) is 170 Å². The molecule has 0 atom stereocenters. The SMILES string of the molecule is c1cc(-c2ccc(-c3nc(-c4cccc5ccccc45)nc(-c4cccc5ccccc45)n3)cc2)cc(-c2nc3ccccc3c3c2ccc2c4ccccc4oc23)c1. The van der Waals surface area contributed by atoms with Crippen LogP contribution in [-0.2, 0) is 0 Å². The summed E-state index contributed by atoms with van der Waals surface area (Å²) in [6.45, 7) is 0. The molecular formula is C54H32N4O. The monoisotopic (exact) mass is 752 g/mol. The second-order valence-electron chi connectivity index (χ2n) is 15.0. The summed E-state index contributed by atoms with van der Waals surface area (Å²) in [7, 11) is 0. The highest BCUT2D eigenvalue weighted by Crippen LogP contribution is 2.41. The van der Waals surface area contributed by atoms with Crippen molar-refractivity contribution in [1.82, 2.24) is 19.9 Å². The number of aromatic nitrogens is 4. The van der Waals surface area contributed by atoms with Crippen molar-refractivity contribution in [3.8, 4) is 56.5 Å². The van der Waals surface area contributed by atoms with Crippen LogP contribution in [0.2, 0.25) is 0 Å². The van der Waals surface area contributed by atoms with Gasteiger partial charge in [-0.05, 0) is 56.9 Å². The third kappa shape index (κ3) is 5.47. The van der Waals surface area contributed by atoms with Crippen molar-refractivity contribution in [2.45, 2.75) is 0 Å². The quantitative estimate of drug-likeness (QED) is 0.164. The van der Waals surface area contributed by atoms with Crippen LogP contribution in [0, 0.1) is 0 Å². The first-order valence-corrected chi connectivity index (χ1v) is 19.8. The molecule has 0 bridgehead atoms. The van der Waals surface area contributed by atoms with Crippen LogP contribution in [0.1, 0.15) is 0 Å². The van der Waals surface area contributed by atoms with Crippen LogP contribution in [0.5, 0.6) is 0 Å². The normalized spacial score (nSPS) is 11.7. The summed E-state index contributed by atoms with van der Waals surface area (Å²) in [5.74, 6) is 1.90. The molecule has 0 aliphatic heterocycles. The number of hydrogen-bond donors (Lipinski definition) is 0. The lowest BCUT2D eigenvalue weighted by atomic mass is 9.95. The van der Waals surface area contributed by atoms with E-state index in [1.54, 1.807) is 0 Å². The molecule has 5 heteroatoms. The van der Waals surface area contributed by atoms with Gasteiger partial charge in [0.05, 0.1) is 11.2 Å². The Balaban J connectivity index is 0.977. The molecule has 59 heavy (non-hydrogen) atoms. The lowest BCUT2D eigenvalue weighted by Crippen LogP contribution is -2.01. The lowest BCUT2D eigenvalue weighted by molar-refractivity contribution is 0.673. The topological polar surface area (TPSA) is 64.7 Å². The van der Waals surface area contributed by atoms with E-state index in [9.17, 15) is 0 Å². The molecule has 3 heterocycles. The second-order valence-corrected chi connectivity index (χ2v) is 15.0. The maximum Gasteiger partial charge on any atom is 0.164 e. The Morgan fingerprint density at radius 1 is 0.322 bits per heavy atom. The third-order valence-electron chi connectivity index (χ3n) is 11.5. The molecule has 0 unspecified atom stereocenters. The Morgan fingerprint density at radius 3 is 1.59 bits per heavy atom. The van der Waals surface area contributed by atoms with Gasteiger partial charge < -0.3 is 4.42 Å². The van der Waals surface area contributed by atoms with Gasteiger partial charge in [-0.3, -0.25) is 0 Å². The number of furan rings is 1. The Bertz CT molecular complexity index is 3520. The Morgan fingerprint density at radius 2 is 0.864 bits per heavy atom. The van der Waals surface area contributed by atoms with E-state index >= 15 is 0 Å². The summed E-state index contributed by atoms with van der Waals surface area (Å²) in [4.78, 5) is 20.7. The van der Waals surface area contributed by atoms with Crippen molar-refractivity contribution in [3.63, 3.8) is 0 Å².